The molecule has 0 saturated carbocycles. The molecular weight excluding hydrogens is 292 g/mol. The molecule has 0 aliphatic heterocycles. The van der Waals surface area contributed by atoms with Crippen LogP contribution in [0.3, 0.4) is 0 Å². The Labute approximate surface area is 147 Å². The monoisotopic (exact) mass is 322 g/mol. The maximum absolute atomic E-state index is 2.47. The van der Waals surface area contributed by atoms with Crippen molar-refractivity contribution < 1.29 is 0 Å². The normalized spacial score (nSPS) is 11.8. The standard InChI is InChI=1S/C22H30N2/c1-5-23(6-2)21(19-15-11-9-12-16-19)22(24(7-3)8-4)20-17-13-10-14-18-20/h9-18H,5-8H2,1-4H3. The summed E-state index contributed by atoms with van der Waals surface area (Å²) in [5.74, 6) is 0. The summed E-state index contributed by atoms with van der Waals surface area (Å²) < 4.78 is 0. The zero-order valence-corrected chi connectivity index (χ0v) is 15.5. The molecule has 2 aromatic carbocycles. The summed E-state index contributed by atoms with van der Waals surface area (Å²) in [5.41, 5.74) is 5.23. The van der Waals surface area contributed by atoms with E-state index >= 15 is 0 Å². The largest absolute Gasteiger partial charge is 0.370 e. The summed E-state index contributed by atoms with van der Waals surface area (Å²) in [6.07, 6.45) is 0. The molecule has 0 saturated heterocycles. The lowest BCUT2D eigenvalue weighted by molar-refractivity contribution is 0.411. The molecule has 0 spiro atoms. The van der Waals surface area contributed by atoms with E-state index in [9.17, 15) is 0 Å². The molecule has 0 amide bonds. The van der Waals surface area contributed by atoms with Crippen LogP contribution in [0.5, 0.6) is 0 Å². The van der Waals surface area contributed by atoms with Gasteiger partial charge in [0.2, 0.25) is 0 Å². The quantitative estimate of drug-likeness (QED) is 0.617. The minimum Gasteiger partial charge on any atom is -0.370 e. The molecule has 0 radical (unpaired) electrons. The van der Waals surface area contributed by atoms with Crippen molar-refractivity contribution in [3.8, 4) is 0 Å². The van der Waals surface area contributed by atoms with Gasteiger partial charge in [-0.15, -0.1) is 0 Å². The second-order valence-corrected chi connectivity index (χ2v) is 5.77. The van der Waals surface area contributed by atoms with Gasteiger partial charge in [0.15, 0.2) is 0 Å². The molecule has 0 heterocycles. The van der Waals surface area contributed by atoms with Gasteiger partial charge in [-0.2, -0.15) is 0 Å². The van der Waals surface area contributed by atoms with Crippen LogP contribution in [0.15, 0.2) is 60.7 Å². The minimum atomic E-state index is 0.998. The van der Waals surface area contributed by atoms with Crippen LogP contribution in [0.1, 0.15) is 38.8 Å². The molecule has 2 rings (SSSR count). The fourth-order valence-corrected chi connectivity index (χ4v) is 3.21. The molecule has 0 fully saturated rings. The van der Waals surface area contributed by atoms with Crippen LogP contribution in [0.2, 0.25) is 0 Å². The topological polar surface area (TPSA) is 6.48 Å². The predicted molar refractivity (Wildman–Crippen MR) is 106 cm³/mol. The molecule has 2 nitrogen and oxygen atoms in total. The van der Waals surface area contributed by atoms with Crippen LogP contribution in [0.4, 0.5) is 0 Å². The molecule has 0 atom stereocenters. The zero-order chi connectivity index (χ0) is 17.4. The van der Waals surface area contributed by atoms with E-state index in [4.69, 9.17) is 0 Å². The van der Waals surface area contributed by atoms with E-state index in [1.165, 1.54) is 22.5 Å². The van der Waals surface area contributed by atoms with Crippen LogP contribution in [-0.4, -0.2) is 36.0 Å². The Morgan fingerprint density at radius 2 is 0.833 bits per heavy atom. The Hall–Kier alpha value is -2.22. The second-order valence-electron chi connectivity index (χ2n) is 5.77. The average Bonchev–Trinajstić information content (AvgIpc) is 2.66. The fourth-order valence-electron chi connectivity index (χ4n) is 3.21. The average molecular weight is 322 g/mol. The Morgan fingerprint density at radius 3 is 1.08 bits per heavy atom. The van der Waals surface area contributed by atoms with Crippen molar-refractivity contribution in [3.63, 3.8) is 0 Å². The third kappa shape index (κ3) is 4.00. The van der Waals surface area contributed by atoms with Gasteiger partial charge < -0.3 is 9.80 Å². The maximum atomic E-state index is 2.47. The third-order valence-electron chi connectivity index (χ3n) is 4.48. The summed E-state index contributed by atoms with van der Waals surface area (Å²) in [7, 11) is 0. The lowest BCUT2D eigenvalue weighted by Gasteiger charge is -2.34. The lowest BCUT2D eigenvalue weighted by atomic mass is 10.0. The SMILES string of the molecule is CCN(CC)C(=C(c1ccccc1)N(CC)CC)c1ccccc1. The molecule has 0 N–H and O–H groups in total. The number of benzene rings is 2. The molecule has 2 heteroatoms. The Kier molecular flexibility index (Phi) is 6.92. The van der Waals surface area contributed by atoms with Crippen LogP contribution in [-0.2, 0) is 0 Å². The fraction of sp³-hybridized carbons (Fsp3) is 0.364. The van der Waals surface area contributed by atoms with Crippen molar-refractivity contribution >= 4 is 11.4 Å². The lowest BCUT2D eigenvalue weighted by Crippen LogP contribution is -2.29. The van der Waals surface area contributed by atoms with Crippen molar-refractivity contribution in [2.45, 2.75) is 27.7 Å². The summed E-state index contributed by atoms with van der Waals surface area (Å²) in [6.45, 7) is 12.9. The van der Waals surface area contributed by atoms with Crippen LogP contribution < -0.4 is 0 Å². The van der Waals surface area contributed by atoms with Gasteiger partial charge in [0, 0.05) is 26.2 Å². The molecule has 0 bridgehead atoms. The van der Waals surface area contributed by atoms with Crippen molar-refractivity contribution in [3.05, 3.63) is 71.8 Å². The van der Waals surface area contributed by atoms with E-state index < -0.39 is 0 Å². The van der Waals surface area contributed by atoms with Gasteiger partial charge in [0.25, 0.3) is 0 Å². The summed E-state index contributed by atoms with van der Waals surface area (Å²) in [6, 6.07) is 21.6. The van der Waals surface area contributed by atoms with Crippen LogP contribution >= 0.6 is 0 Å². The van der Waals surface area contributed by atoms with Crippen LogP contribution in [0.25, 0.3) is 11.4 Å². The number of nitrogens with zero attached hydrogens (tertiary/aromatic N) is 2. The Morgan fingerprint density at radius 1 is 0.542 bits per heavy atom. The van der Waals surface area contributed by atoms with Crippen molar-refractivity contribution in [2.24, 2.45) is 0 Å². The van der Waals surface area contributed by atoms with E-state index in [1.807, 2.05) is 0 Å². The first-order valence-electron chi connectivity index (χ1n) is 9.11. The Balaban J connectivity index is 2.76. The molecular formula is C22H30N2. The third-order valence-corrected chi connectivity index (χ3v) is 4.48. The summed E-state index contributed by atoms with van der Waals surface area (Å²) in [5, 5.41) is 0. The number of hydrogen-bond acceptors (Lipinski definition) is 2. The molecule has 2 aromatic rings. The zero-order valence-electron chi connectivity index (χ0n) is 15.5. The molecule has 0 aliphatic carbocycles. The van der Waals surface area contributed by atoms with E-state index in [-0.39, 0.29) is 0 Å². The molecule has 128 valence electrons. The van der Waals surface area contributed by atoms with Gasteiger partial charge in [-0.1, -0.05) is 60.7 Å². The van der Waals surface area contributed by atoms with Crippen LogP contribution in [0, 0.1) is 0 Å². The first-order chi connectivity index (χ1) is 11.8. The summed E-state index contributed by atoms with van der Waals surface area (Å²) in [4.78, 5) is 4.94. The van der Waals surface area contributed by atoms with E-state index in [2.05, 4.69) is 98.2 Å². The number of hydrogen-bond donors (Lipinski definition) is 0. The minimum absolute atomic E-state index is 0.998. The smallest absolute Gasteiger partial charge is 0.0683 e. The molecule has 0 aromatic heterocycles. The predicted octanol–water partition coefficient (Wildman–Crippen LogP) is 5.20. The molecule has 0 aliphatic rings. The highest BCUT2D eigenvalue weighted by Gasteiger charge is 2.20. The van der Waals surface area contributed by atoms with Crippen molar-refractivity contribution in [2.75, 3.05) is 26.2 Å². The van der Waals surface area contributed by atoms with E-state index in [0.717, 1.165) is 26.2 Å². The van der Waals surface area contributed by atoms with Crippen molar-refractivity contribution in [1.82, 2.24) is 9.80 Å². The first-order valence-corrected chi connectivity index (χ1v) is 9.11. The molecule has 24 heavy (non-hydrogen) atoms. The van der Waals surface area contributed by atoms with E-state index in [1.54, 1.807) is 0 Å². The summed E-state index contributed by atoms with van der Waals surface area (Å²) >= 11 is 0. The first kappa shape index (κ1) is 18.1. The van der Waals surface area contributed by atoms with Crippen molar-refractivity contribution in [1.29, 1.82) is 0 Å². The Bertz CT molecular complexity index is 566. The second kappa shape index (κ2) is 9.17. The highest BCUT2D eigenvalue weighted by molar-refractivity contribution is 5.89. The number of rotatable bonds is 8. The van der Waals surface area contributed by atoms with Gasteiger partial charge in [0.1, 0.15) is 0 Å². The van der Waals surface area contributed by atoms with Gasteiger partial charge in [-0.3, -0.25) is 0 Å². The van der Waals surface area contributed by atoms with E-state index in [0.29, 0.717) is 0 Å². The van der Waals surface area contributed by atoms with Gasteiger partial charge in [-0.25, -0.2) is 0 Å². The van der Waals surface area contributed by atoms with Gasteiger partial charge in [0.05, 0.1) is 11.4 Å². The highest BCUT2D eigenvalue weighted by Crippen LogP contribution is 2.31. The molecule has 0 unspecified atom stereocenters. The maximum Gasteiger partial charge on any atom is 0.0683 e. The highest BCUT2D eigenvalue weighted by atomic mass is 15.2. The van der Waals surface area contributed by atoms with Gasteiger partial charge >= 0.3 is 0 Å². The van der Waals surface area contributed by atoms with Gasteiger partial charge in [-0.05, 0) is 38.8 Å².